The zero-order valence-electron chi connectivity index (χ0n) is 34.5. The Morgan fingerprint density at radius 1 is 0.312 bits per heavy atom. The van der Waals surface area contributed by atoms with Crippen LogP contribution >= 0.6 is 0 Å². The maximum absolute atomic E-state index is 6.70. The highest BCUT2D eigenvalue weighted by atomic mass is 16.5. The zero-order chi connectivity index (χ0) is 42.1. The lowest BCUT2D eigenvalue weighted by molar-refractivity contribution is 0.477. The van der Waals surface area contributed by atoms with Crippen LogP contribution in [0.1, 0.15) is 0 Å². The van der Waals surface area contributed by atoms with Gasteiger partial charge >= 0.3 is 0 Å². The van der Waals surface area contributed by atoms with Crippen LogP contribution in [-0.4, -0.2) is 19.1 Å². The molecule has 0 bridgehead atoms. The molecule has 0 unspecified atom stereocenters. The molecule has 0 N–H and O–H groups in total. The second-order valence-electron chi connectivity index (χ2n) is 16.2. The van der Waals surface area contributed by atoms with Crippen LogP contribution in [0.25, 0.3) is 88.9 Å². The van der Waals surface area contributed by atoms with Crippen molar-refractivity contribution in [3.05, 3.63) is 224 Å². The molecule has 3 aromatic heterocycles. The normalized spacial score (nSPS) is 12.2. The molecule has 1 aliphatic heterocycles. The number of rotatable bonds is 6. The second kappa shape index (κ2) is 14.4. The van der Waals surface area contributed by atoms with Gasteiger partial charge in [0.25, 0.3) is 0 Å². The molecule has 0 saturated carbocycles. The fraction of sp³-hybridized carbons (Fsp3) is 0. The van der Waals surface area contributed by atoms with E-state index in [0.717, 1.165) is 90.1 Å². The van der Waals surface area contributed by atoms with E-state index < -0.39 is 0 Å². The molecule has 0 radical (unpaired) electrons. The van der Waals surface area contributed by atoms with Crippen LogP contribution in [0.3, 0.4) is 0 Å². The minimum Gasteiger partial charge on any atom is -0.453 e. The Balaban J connectivity index is 1.24. The third-order valence-electron chi connectivity index (χ3n) is 12.5. The van der Waals surface area contributed by atoms with Crippen molar-refractivity contribution in [1.82, 2.24) is 19.1 Å². The van der Waals surface area contributed by atoms with Gasteiger partial charge in [0.15, 0.2) is 17.3 Å². The summed E-state index contributed by atoms with van der Waals surface area (Å²) in [4.78, 5) is 13.1. The molecule has 12 aromatic rings. The monoisotopic (exact) mass is 819 g/mol. The Bertz CT molecular complexity index is 3430. The Morgan fingerprint density at radius 2 is 0.688 bits per heavy atom. The largest absolute Gasteiger partial charge is 0.453 e. The third-order valence-corrected chi connectivity index (χ3v) is 12.5. The van der Waals surface area contributed by atoms with E-state index in [2.05, 4.69) is 202 Å². The van der Waals surface area contributed by atoms with Crippen LogP contribution in [0.5, 0.6) is 11.5 Å². The van der Waals surface area contributed by atoms with E-state index in [1.165, 1.54) is 21.5 Å². The van der Waals surface area contributed by atoms with Gasteiger partial charge in [0.05, 0.1) is 61.9 Å². The van der Waals surface area contributed by atoms with E-state index in [9.17, 15) is 0 Å². The highest BCUT2D eigenvalue weighted by Gasteiger charge is 2.33. The van der Waals surface area contributed by atoms with Gasteiger partial charge < -0.3 is 13.9 Å². The third kappa shape index (κ3) is 5.59. The average Bonchev–Trinajstić information content (AvgIpc) is 3.89. The van der Waals surface area contributed by atoms with Crippen molar-refractivity contribution < 1.29 is 4.74 Å². The lowest BCUT2D eigenvalue weighted by Gasteiger charge is -2.36. The van der Waals surface area contributed by atoms with Crippen LogP contribution in [0, 0.1) is 0 Å². The van der Waals surface area contributed by atoms with Crippen LogP contribution in [-0.2, 0) is 0 Å². The van der Waals surface area contributed by atoms with Gasteiger partial charge in [-0.25, -0.2) is 9.97 Å². The van der Waals surface area contributed by atoms with Gasteiger partial charge in [-0.1, -0.05) is 158 Å². The lowest BCUT2D eigenvalue weighted by Crippen LogP contribution is -2.20. The van der Waals surface area contributed by atoms with Crippen LogP contribution in [0.15, 0.2) is 224 Å². The second-order valence-corrected chi connectivity index (χ2v) is 16.2. The Labute approximate surface area is 369 Å². The average molecular weight is 820 g/mol. The van der Waals surface area contributed by atoms with E-state index >= 15 is 0 Å². The smallest absolute Gasteiger partial charge is 0.160 e. The molecule has 9 aromatic carbocycles. The lowest BCUT2D eigenvalue weighted by atomic mass is 10.0. The molecule has 0 saturated heterocycles. The van der Waals surface area contributed by atoms with E-state index in [4.69, 9.17) is 14.7 Å². The first kappa shape index (κ1) is 36.0. The predicted octanol–water partition coefficient (Wildman–Crippen LogP) is 15.2. The van der Waals surface area contributed by atoms with Gasteiger partial charge in [-0.15, -0.1) is 0 Å². The zero-order valence-corrected chi connectivity index (χ0v) is 34.5. The molecule has 0 spiro atoms. The summed E-state index contributed by atoms with van der Waals surface area (Å²) in [6.07, 6.45) is 0. The molecule has 64 heavy (non-hydrogen) atoms. The first-order valence-electron chi connectivity index (χ1n) is 21.6. The number of para-hydroxylation sites is 8. The molecule has 1 aliphatic rings. The molecule has 0 aliphatic carbocycles. The minimum atomic E-state index is 0.661. The first-order valence-corrected chi connectivity index (χ1v) is 21.6. The highest BCUT2D eigenvalue weighted by Crippen LogP contribution is 2.55. The van der Waals surface area contributed by atoms with Crippen molar-refractivity contribution >= 4 is 60.7 Å². The molecule has 0 atom stereocenters. The van der Waals surface area contributed by atoms with Gasteiger partial charge in [0.1, 0.15) is 0 Å². The van der Waals surface area contributed by atoms with Crippen LogP contribution < -0.4 is 9.64 Å². The number of aromatic nitrogens is 4. The van der Waals surface area contributed by atoms with Crippen molar-refractivity contribution in [3.8, 4) is 56.8 Å². The highest BCUT2D eigenvalue weighted by molar-refractivity contribution is 6.13. The molecule has 4 heterocycles. The quantitative estimate of drug-likeness (QED) is 0.168. The number of ether oxygens (including phenoxy) is 1. The molecular weight excluding hydrogens is 783 g/mol. The predicted molar refractivity (Wildman–Crippen MR) is 262 cm³/mol. The Morgan fingerprint density at radius 3 is 1.16 bits per heavy atom. The molecule has 0 fully saturated rings. The van der Waals surface area contributed by atoms with Crippen molar-refractivity contribution in [2.75, 3.05) is 4.90 Å². The standard InChI is InChI=1S/C58H37N5O/c1-3-19-38(20-4-1)45-37-46(60-58(59-45)39-21-5-2-6-22-39)40-35-53(61-47-27-11-7-23-41(47)42-24-8-12-28-48(42)61)57(63-51-31-15-17-33-55(51)64-56-34-18-16-32-52(56)63)54(36-40)62-49-29-13-9-25-43(49)44-26-10-14-30-50(44)62/h1-37H. The van der Waals surface area contributed by atoms with E-state index in [1.54, 1.807) is 0 Å². The fourth-order valence-electron chi connectivity index (χ4n) is 9.70. The van der Waals surface area contributed by atoms with E-state index in [0.29, 0.717) is 5.82 Å². The number of nitrogens with zero attached hydrogens (tertiary/aromatic N) is 5. The van der Waals surface area contributed by atoms with E-state index in [-0.39, 0.29) is 0 Å². The number of anilines is 3. The van der Waals surface area contributed by atoms with E-state index in [1.807, 2.05) is 36.4 Å². The SMILES string of the molecule is c1ccc(-c2cc(-c3cc(-n4c5ccccc5c5ccccc54)c(N4c5ccccc5Oc5ccccc54)c(-n4c5ccccc5c5ccccc54)c3)nc(-c3ccccc3)n2)cc1. The van der Waals surface area contributed by atoms with Crippen molar-refractivity contribution in [2.45, 2.75) is 0 Å². The summed E-state index contributed by atoms with van der Waals surface area (Å²) in [7, 11) is 0. The van der Waals surface area contributed by atoms with Crippen LogP contribution in [0.4, 0.5) is 17.1 Å². The maximum atomic E-state index is 6.70. The molecule has 300 valence electrons. The number of hydrogen-bond donors (Lipinski definition) is 0. The molecule has 13 rings (SSSR count). The fourth-order valence-corrected chi connectivity index (χ4v) is 9.70. The van der Waals surface area contributed by atoms with Crippen molar-refractivity contribution in [3.63, 3.8) is 0 Å². The first-order chi connectivity index (χ1) is 31.8. The number of hydrogen-bond acceptors (Lipinski definition) is 4. The summed E-state index contributed by atoms with van der Waals surface area (Å²) in [5.74, 6) is 2.22. The number of fused-ring (bicyclic) bond motifs is 8. The van der Waals surface area contributed by atoms with Crippen molar-refractivity contribution in [1.29, 1.82) is 0 Å². The summed E-state index contributed by atoms with van der Waals surface area (Å²) >= 11 is 0. The summed E-state index contributed by atoms with van der Waals surface area (Å²) in [5, 5.41) is 4.71. The van der Waals surface area contributed by atoms with Crippen LogP contribution in [0.2, 0.25) is 0 Å². The molecule has 6 nitrogen and oxygen atoms in total. The van der Waals surface area contributed by atoms with Gasteiger partial charge in [-0.2, -0.15) is 0 Å². The van der Waals surface area contributed by atoms with Gasteiger partial charge in [-0.3, -0.25) is 4.90 Å². The summed E-state index contributed by atoms with van der Waals surface area (Å²) in [6, 6.07) is 79.1. The maximum Gasteiger partial charge on any atom is 0.160 e. The van der Waals surface area contributed by atoms with Gasteiger partial charge in [0, 0.05) is 38.2 Å². The van der Waals surface area contributed by atoms with Gasteiger partial charge in [-0.05, 0) is 66.7 Å². The summed E-state index contributed by atoms with van der Waals surface area (Å²) in [6.45, 7) is 0. The topological polar surface area (TPSA) is 48.1 Å². The number of benzene rings is 9. The van der Waals surface area contributed by atoms with Gasteiger partial charge in [0.2, 0.25) is 0 Å². The Hall–Kier alpha value is -8.74. The Kier molecular flexibility index (Phi) is 8.11. The molecule has 6 heteroatoms. The molecule has 0 amide bonds. The van der Waals surface area contributed by atoms with Crippen molar-refractivity contribution in [2.24, 2.45) is 0 Å². The summed E-state index contributed by atoms with van der Waals surface area (Å²) < 4.78 is 11.6. The molecular formula is C58H37N5O. The summed E-state index contributed by atoms with van der Waals surface area (Å²) in [5.41, 5.74) is 13.8. The minimum absolute atomic E-state index is 0.661.